The summed E-state index contributed by atoms with van der Waals surface area (Å²) in [5, 5.41) is 9.93. The van der Waals surface area contributed by atoms with Crippen LogP contribution in [0.4, 0.5) is 0 Å². The van der Waals surface area contributed by atoms with E-state index in [0.717, 1.165) is 48.5 Å². The average molecular weight is 459 g/mol. The molecule has 2 aliphatic heterocycles. The number of benzene rings is 2. The Morgan fingerprint density at radius 3 is 2.53 bits per heavy atom. The highest BCUT2D eigenvalue weighted by Crippen LogP contribution is 2.39. The Morgan fingerprint density at radius 1 is 1.06 bits per heavy atom. The lowest BCUT2D eigenvalue weighted by Crippen LogP contribution is -2.41. The van der Waals surface area contributed by atoms with Crippen molar-refractivity contribution in [1.82, 2.24) is 9.21 Å². The van der Waals surface area contributed by atoms with Gasteiger partial charge in [-0.05, 0) is 79.7 Å². The second-order valence-electron chi connectivity index (χ2n) is 8.78. The molecule has 0 bridgehead atoms. The fraction of sp³-hybridized carbons (Fsp3) is 0.520. The SMILES string of the molecule is CCCCS(=O)(=O)N1CCc2cc(O)ccc2C1c1ccc(OCCN2CCCC2)cc1. The number of fused-ring (bicyclic) bond motifs is 1. The minimum atomic E-state index is -3.40. The van der Waals surface area contributed by atoms with Crippen molar-refractivity contribution >= 4 is 10.0 Å². The van der Waals surface area contributed by atoms with E-state index in [9.17, 15) is 13.5 Å². The molecule has 1 fully saturated rings. The van der Waals surface area contributed by atoms with E-state index in [1.54, 1.807) is 16.4 Å². The van der Waals surface area contributed by atoms with Crippen LogP contribution in [0.25, 0.3) is 0 Å². The van der Waals surface area contributed by atoms with Crippen LogP contribution in [0.5, 0.6) is 11.5 Å². The first kappa shape index (κ1) is 23.1. The van der Waals surface area contributed by atoms with Crippen LogP contribution in [0.2, 0.25) is 0 Å². The van der Waals surface area contributed by atoms with Crippen LogP contribution in [0.1, 0.15) is 55.3 Å². The van der Waals surface area contributed by atoms with Gasteiger partial charge in [0, 0.05) is 13.1 Å². The zero-order valence-electron chi connectivity index (χ0n) is 18.9. The summed E-state index contributed by atoms with van der Waals surface area (Å²) in [7, 11) is -3.40. The first-order chi connectivity index (χ1) is 15.5. The molecule has 2 aromatic carbocycles. The lowest BCUT2D eigenvalue weighted by Gasteiger charge is -2.37. The molecule has 1 unspecified atom stereocenters. The summed E-state index contributed by atoms with van der Waals surface area (Å²) in [4.78, 5) is 2.42. The molecule has 2 aliphatic rings. The predicted molar refractivity (Wildman–Crippen MR) is 127 cm³/mol. The van der Waals surface area contributed by atoms with E-state index in [2.05, 4.69) is 4.90 Å². The largest absolute Gasteiger partial charge is 0.508 e. The van der Waals surface area contributed by atoms with Gasteiger partial charge in [-0.2, -0.15) is 4.31 Å². The van der Waals surface area contributed by atoms with Gasteiger partial charge in [0.2, 0.25) is 10.0 Å². The third kappa shape index (κ3) is 5.27. The van der Waals surface area contributed by atoms with Crippen molar-refractivity contribution in [3.05, 3.63) is 59.2 Å². The number of ether oxygens (including phenoxy) is 1. The molecular formula is C25H34N2O4S. The molecule has 0 aromatic heterocycles. The zero-order chi connectivity index (χ0) is 22.6. The van der Waals surface area contributed by atoms with Gasteiger partial charge in [0.05, 0.1) is 11.8 Å². The van der Waals surface area contributed by atoms with Crippen molar-refractivity contribution in [2.24, 2.45) is 0 Å². The lowest BCUT2D eigenvalue weighted by atomic mass is 9.89. The maximum absolute atomic E-state index is 13.2. The number of phenolic OH excluding ortho intramolecular Hbond substituents is 1. The molecular weight excluding hydrogens is 424 g/mol. The van der Waals surface area contributed by atoms with Crippen LogP contribution in [0.15, 0.2) is 42.5 Å². The molecule has 2 aromatic rings. The number of likely N-dealkylation sites (tertiary alicyclic amines) is 1. The molecule has 0 aliphatic carbocycles. The fourth-order valence-electron chi connectivity index (χ4n) is 4.72. The third-order valence-corrected chi connectivity index (χ3v) is 8.41. The van der Waals surface area contributed by atoms with Gasteiger partial charge in [-0.25, -0.2) is 8.42 Å². The summed E-state index contributed by atoms with van der Waals surface area (Å²) in [6.45, 7) is 6.32. The van der Waals surface area contributed by atoms with E-state index in [1.165, 1.54) is 12.8 Å². The molecule has 0 radical (unpaired) electrons. The number of sulfonamides is 1. The Morgan fingerprint density at radius 2 is 1.81 bits per heavy atom. The van der Waals surface area contributed by atoms with E-state index >= 15 is 0 Å². The van der Waals surface area contributed by atoms with E-state index in [1.807, 2.05) is 37.3 Å². The number of rotatable bonds is 9. The van der Waals surface area contributed by atoms with Gasteiger partial charge in [-0.1, -0.05) is 31.5 Å². The van der Waals surface area contributed by atoms with Crippen LogP contribution < -0.4 is 4.74 Å². The molecule has 4 rings (SSSR count). The maximum Gasteiger partial charge on any atom is 0.214 e. The summed E-state index contributed by atoms with van der Waals surface area (Å²) in [6.07, 6.45) is 4.63. The maximum atomic E-state index is 13.2. The molecule has 6 nitrogen and oxygen atoms in total. The molecule has 7 heteroatoms. The number of unbranched alkanes of at least 4 members (excludes halogenated alkanes) is 1. The van der Waals surface area contributed by atoms with Crippen LogP contribution in [0.3, 0.4) is 0 Å². The normalized spacial score (nSPS) is 19.7. The zero-order valence-corrected chi connectivity index (χ0v) is 19.7. The molecule has 0 amide bonds. The fourth-order valence-corrected chi connectivity index (χ4v) is 6.54. The molecule has 32 heavy (non-hydrogen) atoms. The lowest BCUT2D eigenvalue weighted by molar-refractivity contribution is 0.237. The van der Waals surface area contributed by atoms with Crippen LogP contribution in [-0.4, -0.2) is 61.3 Å². The van der Waals surface area contributed by atoms with Crippen molar-refractivity contribution in [1.29, 1.82) is 0 Å². The van der Waals surface area contributed by atoms with Crippen LogP contribution in [-0.2, 0) is 16.4 Å². The quantitative estimate of drug-likeness (QED) is 0.616. The standard InChI is InChI=1S/C25H34N2O4S/c1-2-3-18-32(29,30)27-15-12-21-19-22(28)8-11-24(21)25(27)20-6-9-23(10-7-20)31-17-16-26-13-4-5-14-26/h6-11,19,25,28H,2-5,12-18H2,1H3. The Kier molecular flexibility index (Phi) is 7.38. The van der Waals surface area contributed by atoms with Gasteiger partial charge < -0.3 is 9.84 Å². The Labute approximate surface area is 191 Å². The summed E-state index contributed by atoms with van der Waals surface area (Å²) < 4.78 is 34.0. The Balaban J connectivity index is 1.56. The van der Waals surface area contributed by atoms with Gasteiger partial charge in [-0.3, -0.25) is 4.90 Å². The van der Waals surface area contributed by atoms with Gasteiger partial charge in [0.1, 0.15) is 18.1 Å². The summed E-state index contributed by atoms with van der Waals surface area (Å²) >= 11 is 0. The average Bonchev–Trinajstić information content (AvgIpc) is 3.31. The van der Waals surface area contributed by atoms with Crippen molar-refractivity contribution in [2.45, 2.75) is 45.1 Å². The first-order valence-corrected chi connectivity index (χ1v) is 13.4. The molecule has 0 saturated carbocycles. The highest BCUT2D eigenvalue weighted by Gasteiger charge is 2.36. The summed E-state index contributed by atoms with van der Waals surface area (Å²) in [6, 6.07) is 12.7. The molecule has 1 N–H and O–H groups in total. The van der Waals surface area contributed by atoms with Gasteiger partial charge >= 0.3 is 0 Å². The molecule has 174 valence electrons. The Hall–Kier alpha value is -2.09. The summed E-state index contributed by atoms with van der Waals surface area (Å²) in [5.41, 5.74) is 2.86. The smallest absolute Gasteiger partial charge is 0.214 e. The van der Waals surface area contributed by atoms with Crippen molar-refractivity contribution in [3.8, 4) is 11.5 Å². The molecule has 2 heterocycles. The first-order valence-electron chi connectivity index (χ1n) is 11.7. The van der Waals surface area contributed by atoms with Crippen molar-refractivity contribution in [2.75, 3.05) is 38.5 Å². The monoisotopic (exact) mass is 458 g/mol. The molecule has 1 saturated heterocycles. The van der Waals surface area contributed by atoms with Crippen molar-refractivity contribution in [3.63, 3.8) is 0 Å². The number of hydrogen-bond donors (Lipinski definition) is 1. The minimum absolute atomic E-state index is 0.158. The minimum Gasteiger partial charge on any atom is -0.508 e. The second kappa shape index (κ2) is 10.2. The van der Waals surface area contributed by atoms with E-state index < -0.39 is 10.0 Å². The van der Waals surface area contributed by atoms with E-state index in [0.29, 0.717) is 26.0 Å². The molecule has 1 atom stereocenters. The van der Waals surface area contributed by atoms with Crippen LogP contribution >= 0.6 is 0 Å². The van der Waals surface area contributed by atoms with Gasteiger partial charge in [-0.15, -0.1) is 0 Å². The van der Waals surface area contributed by atoms with Crippen molar-refractivity contribution < 1.29 is 18.3 Å². The number of hydrogen-bond acceptors (Lipinski definition) is 5. The predicted octanol–water partition coefficient (Wildman–Crippen LogP) is 3.94. The van der Waals surface area contributed by atoms with Gasteiger partial charge in [0.25, 0.3) is 0 Å². The Bertz CT molecular complexity index is 1000. The van der Waals surface area contributed by atoms with E-state index in [-0.39, 0.29) is 17.5 Å². The number of nitrogens with zero attached hydrogens (tertiary/aromatic N) is 2. The number of aromatic hydroxyl groups is 1. The van der Waals surface area contributed by atoms with Crippen LogP contribution in [0, 0.1) is 0 Å². The van der Waals surface area contributed by atoms with Gasteiger partial charge in [0.15, 0.2) is 0 Å². The highest BCUT2D eigenvalue weighted by molar-refractivity contribution is 7.89. The van der Waals surface area contributed by atoms with E-state index in [4.69, 9.17) is 4.74 Å². The number of phenols is 1. The third-order valence-electron chi connectivity index (χ3n) is 6.49. The second-order valence-corrected chi connectivity index (χ2v) is 10.8. The molecule has 0 spiro atoms. The topological polar surface area (TPSA) is 70.1 Å². The summed E-state index contributed by atoms with van der Waals surface area (Å²) in [5.74, 6) is 1.17. The highest BCUT2D eigenvalue weighted by atomic mass is 32.2.